The number of hydrogen-bond acceptors (Lipinski definition) is 5. The van der Waals surface area contributed by atoms with Gasteiger partial charge in [0.2, 0.25) is 5.91 Å². The highest BCUT2D eigenvalue weighted by Gasteiger charge is 2.26. The minimum atomic E-state index is -0.521. The van der Waals surface area contributed by atoms with Gasteiger partial charge >= 0.3 is 6.09 Å². The van der Waals surface area contributed by atoms with E-state index in [1.807, 2.05) is 27.7 Å². The first-order valence-electron chi connectivity index (χ1n) is 7.78. The van der Waals surface area contributed by atoms with Gasteiger partial charge in [0.1, 0.15) is 17.5 Å². The SMILES string of the molecule is CCCNC(=O)C(C)NC1=NCCN(C(=O)OC(C)(C)C)C1. The van der Waals surface area contributed by atoms with Crippen LogP contribution in [0.4, 0.5) is 4.79 Å². The molecule has 126 valence electrons. The van der Waals surface area contributed by atoms with Crippen LogP contribution in [0, 0.1) is 0 Å². The lowest BCUT2D eigenvalue weighted by atomic mass is 10.2. The molecule has 2 amide bonds. The molecular weight excluding hydrogens is 284 g/mol. The summed E-state index contributed by atoms with van der Waals surface area (Å²) >= 11 is 0. The van der Waals surface area contributed by atoms with E-state index in [1.54, 1.807) is 11.8 Å². The van der Waals surface area contributed by atoms with Gasteiger partial charge in [-0.1, -0.05) is 6.92 Å². The molecule has 1 aliphatic heterocycles. The predicted molar refractivity (Wildman–Crippen MR) is 86.0 cm³/mol. The van der Waals surface area contributed by atoms with Gasteiger partial charge in [-0.3, -0.25) is 14.7 Å². The van der Waals surface area contributed by atoms with Crippen LogP contribution in [0.1, 0.15) is 41.0 Å². The molecule has 1 heterocycles. The average molecular weight is 312 g/mol. The first-order chi connectivity index (χ1) is 10.2. The van der Waals surface area contributed by atoms with E-state index in [9.17, 15) is 9.59 Å². The largest absolute Gasteiger partial charge is 0.444 e. The lowest BCUT2D eigenvalue weighted by Gasteiger charge is -2.30. The molecule has 0 bridgehead atoms. The van der Waals surface area contributed by atoms with Gasteiger partial charge < -0.3 is 15.4 Å². The molecule has 0 saturated carbocycles. The first kappa shape index (κ1) is 18.3. The van der Waals surface area contributed by atoms with Crippen molar-refractivity contribution in [1.82, 2.24) is 15.5 Å². The smallest absolute Gasteiger partial charge is 0.410 e. The van der Waals surface area contributed by atoms with Crippen molar-refractivity contribution in [3.8, 4) is 0 Å². The molecule has 1 aliphatic rings. The number of amidine groups is 1. The number of carbonyl (C=O) groups is 2. The number of amides is 2. The Kier molecular flexibility index (Phi) is 6.64. The fourth-order valence-corrected chi connectivity index (χ4v) is 1.91. The highest BCUT2D eigenvalue weighted by molar-refractivity contribution is 5.92. The van der Waals surface area contributed by atoms with Gasteiger partial charge in [0, 0.05) is 13.1 Å². The van der Waals surface area contributed by atoms with Gasteiger partial charge in [-0.2, -0.15) is 0 Å². The number of nitrogens with zero attached hydrogens (tertiary/aromatic N) is 2. The minimum absolute atomic E-state index is 0.0704. The van der Waals surface area contributed by atoms with Crippen LogP contribution in [0.15, 0.2) is 4.99 Å². The summed E-state index contributed by atoms with van der Waals surface area (Å²) < 4.78 is 5.36. The third-order valence-corrected chi connectivity index (χ3v) is 2.99. The third kappa shape index (κ3) is 6.32. The Bertz CT molecular complexity index is 429. The molecule has 0 aliphatic carbocycles. The van der Waals surface area contributed by atoms with E-state index in [0.717, 1.165) is 6.42 Å². The molecule has 1 unspecified atom stereocenters. The van der Waals surface area contributed by atoms with Crippen molar-refractivity contribution in [2.45, 2.75) is 52.7 Å². The minimum Gasteiger partial charge on any atom is -0.444 e. The van der Waals surface area contributed by atoms with Gasteiger partial charge in [0.15, 0.2) is 0 Å². The van der Waals surface area contributed by atoms with E-state index in [0.29, 0.717) is 32.0 Å². The zero-order chi connectivity index (χ0) is 16.8. The van der Waals surface area contributed by atoms with Gasteiger partial charge in [-0.25, -0.2) is 4.79 Å². The van der Waals surface area contributed by atoms with Crippen molar-refractivity contribution in [3.63, 3.8) is 0 Å². The first-order valence-corrected chi connectivity index (χ1v) is 7.78. The summed E-state index contributed by atoms with van der Waals surface area (Å²) in [5, 5.41) is 5.89. The maximum atomic E-state index is 12.1. The maximum absolute atomic E-state index is 12.1. The Labute approximate surface area is 132 Å². The molecule has 0 spiro atoms. The second kappa shape index (κ2) is 8.00. The van der Waals surface area contributed by atoms with E-state index in [-0.39, 0.29) is 18.0 Å². The van der Waals surface area contributed by atoms with Crippen LogP contribution in [0.2, 0.25) is 0 Å². The standard InChI is InChI=1S/C15H28N4O3/c1-6-7-17-13(20)11(2)18-12-10-19(9-8-16-12)14(21)22-15(3,4)5/h11H,6-10H2,1-5H3,(H,16,18)(H,17,20). The molecule has 1 atom stereocenters. The number of rotatable bonds is 4. The molecule has 0 radical (unpaired) electrons. The fraction of sp³-hybridized carbons (Fsp3) is 0.800. The highest BCUT2D eigenvalue weighted by atomic mass is 16.6. The lowest BCUT2D eigenvalue weighted by Crippen LogP contribution is -2.52. The van der Waals surface area contributed by atoms with Crippen molar-refractivity contribution in [3.05, 3.63) is 0 Å². The van der Waals surface area contributed by atoms with Crippen LogP contribution in [0.25, 0.3) is 0 Å². The molecule has 0 aromatic carbocycles. The summed E-state index contributed by atoms with van der Waals surface area (Å²) in [6.07, 6.45) is 0.538. The molecule has 22 heavy (non-hydrogen) atoms. The van der Waals surface area contributed by atoms with E-state index in [2.05, 4.69) is 15.6 Å². The second-order valence-electron chi connectivity index (χ2n) is 6.39. The molecule has 1 rings (SSSR count). The molecule has 7 nitrogen and oxygen atoms in total. The Morgan fingerprint density at radius 1 is 1.41 bits per heavy atom. The van der Waals surface area contributed by atoms with Crippen molar-refractivity contribution < 1.29 is 14.3 Å². The van der Waals surface area contributed by atoms with Gasteiger partial charge in [-0.15, -0.1) is 0 Å². The quantitative estimate of drug-likeness (QED) is 0.815. The number of hydrogen-bond donors (Lipinski definition) is 2. The van der Waals surface area contributed by atoms with Gasteiger partial charge in [-0.05, 0) is 34.1 Å². The van der Waals surface area contributed by atoms with Crippen molar-refractivity contribution in [2.24, 2.45) is 4.99 Å². The Morgan fingerprint density at radius 2 is 2.09 bits per heavy atom. The summed E-state index contributed by atoms with van der Waals surface area (Å²) in [5.41, 5.74) is -0.521. The zero-order valence-electron chi connectivity index (χ0n) is 14.2. The van der Waals surface area contributed by atoms with Crippen LogP contribution in [-0.2, 0) is 9.53 Å². The van der Waals surface area contributed by atoms with Crippen molar-refractivity contribution in [2.75, 3.05) is 26.2 Å². The van der Waals surface area contributed by atoms with Crippen molar-refractivity contribution >= 4 is 17.8 Å². The Balaban J connectivity index is 2.51. The summed E-state index contributed by atoms with van der Waals surface area (Å²) in [4.78, 5) is 29.8. The highest BCUT2D eigenvalue weighted by Crippen LogP contribution is 2.11. The van der Waals surface area contributed by atoms with Gasteiger partial charge in [0.05, 0.1) is 13.1 Å². The topological polar surface area (TPSA) is 83.0 Å². The normalized spacial score (nSPS) is 16.6. The predicted octanol–water partition coefficient (Wildman–Crippen LogP) is 1.14. The Hall–Kier alpha value is -1.79. The number of nitrogens with one attached hydrogen (secondary N) is 2. The molecule has 0 fully saturated rings. The summed E-state index contributed by atoms with van der Waals surface area (Å²) in [5.74, 6) is 0.565. The Morgan fingerprint density at radius 3 is 2.68 bits per heavy atom. The average Bonchev–Trinajstić information content (AvgIpc) is 2.43. The zero-order valence-corrected chi connectivity index (χ0v) is 14.2. The van der Waals surface area contributed by atoms with Crippen LogP contribution in [0.3, 0.4) is 0 Å². The van der Waals surface area contributed by atoms with E-state index in [1.165, 1.54) is 0 Å². The van der Waals surface area contributed by atoms with Crippen LogP contribution >= 0.6 is 0 Å². The number of carbonyl (C=O) groups excluding carboxylic acids is 2. The summed E-state index contributed by atoms with van der Waals surface area (Å²) in [6.45, 7) is 11.3. The number of aliphatic imine (C=N–C) groups is 1. The van der Waals surface area contributed by atoms with Crippen LogP contribution in [0.5, 0.6) is 0 Å². The van der Waals surface area contributed by atoms with E-state index in [4.69, 9.17) is 4.74 Å². The second-order valence-corrected chi connectivity index (χ2v) is 6.39. The summed E-state index contributed by atoms with van der Waals surface area (Å²) in [7, 11) is 0. The fourth-order valence-electron chi connectivity index (χ4n) is 1.91. The van der Waals surface area contributed by atoms with Crippen LogP contribution < -0.4 is 10.6 Å². The molecule has 0 aromatic heterocycles. The molecular formula is C15H28N4O3. The number of ether oxygens (including phenoxy) is 1. The molecule has 0 saturated heterocycles. The monoisotopic (exact) mass is 312 g/mol. The summed E-state index contributed by atoms with van der Waals surface area (Å²) in [6, 6.07) is -0.385. The van der Waals surface area contributed by atoms with E-state index >= 15 is 0 Å². The third-order valence-electron chi connectivity index (χ3n) is 2.99. The lowest BCUT2D eigenvalue weighted by molar-refractivity contribution is -0.122. The van der Waals surface area contributed by atoms with Crippen molar-refractivity contribution in [1.29, 1.82) is 0 Å². The van der Waals surface area contributed by atoms with Gasteiger partial charge in [0.25, 0.3) is 0 Å². The van der Waals surface area contributed by atoms with E-state index < -0.39 is 5.60 Å². The van der Waals surface area contributed by atoms with Crippen LogP contribution in [-0.4, -0.2) is 60.6 Å². The molecule has 2 N–H and O–H groups in total. The molecule has 7 heteroatoms. The molecule has 0 aromatic rings. The maximum Gasteiger partial charge on any atom is 0.410 e.